The van der Waals surface area contributed by atoms with Gasteiger partial charge in [0.05, 0.1) is 24.3 Å². The molecule has 0 radical (unpaired) electrons. The highest BCUT2D eigenvalue weighted by Crippen LogP contribution is 2.21. The highest BCUT2D eigenvalue weighted by Gasteiger charge is 2.25. The molecule has 1 aromatic heterocycles. The van der Waals surface area contributed by atoms with Crippen LogP contribution in [-0.4, -0.2) is 40.3 Å². The number of nitrogens with zero attached hydrogens (tertiary/aromatic N) is 3. The molecule has 0 spiro atoms. The number of para-hydroxylation sites is 1. The lowest BCUT2D eigenvalue weighted by Gasteiger charge is -2.14. The van der Waals surface area contributed by atoms with Gasteiger partial charge in [-0.05, 0) is 37.9 Å². The molecular formula is C15H22N4O. The number of hydrogen-bond donors (Lipinski definition) is 1. The van der Waals surface area contributed by atoms with Crippen LogP contribution in [0.1, 0.15) is 26.2 Å². The molecule has 0 amide bonds. The summed E-state index contributed by atoms with van der Waals surface area (Å²) >= 11 is 0. The minimum atomic E-state index is 0.258. The van der Waals surface area contributed by atoms with Crippen LogP contribution in [0.4, 0.5) is 0 Å². The Balaban J connectivity index is 1.56. The minimum absolute atomic E-state index is 0.258. The molecule has 5 nitrogen and oxygen atoms in total. The number of nitrogens with one attached hydrogen (secondary N) is 1. The fraction of sp³-hybridized carbons (Fsp3) is 0.600. The van der Waals surface area contributed by atoms with Gasteiger partial charge in [-0.2, -0.15) is 0 Å². The Kier molecular flexibility index (Phi) is 4.28. The molecule has 20 heavy (non-hydrogen) atoms. The summed E-state index contributed by atoms with van der Waals surface area (Å²) in [6, 6.07) is 8.06. The number of rotatable bonds is 6. The summed E-state index contributed by atoms with van der Waals surface area (Å²) in [7, 11) is 0. The highest BCUT2D eigenvalue weighted by atomic mass is 16.5. The van der Waals surface area contributed by atoms with E-state index in [-0.39, 0.29) is 6.10 Å². The van der Waals surface area contributed by atoms with Gasteiger partial charge in [-0.3, -0.25) is 0 Å². The second-order valence-corrected chi connectivity index (χ2v) is 5.42. The molecule has 1 aliphatic rings. The first-order valence-corrected chi connectivity index (χ1v) is 7.51. The lowest BCUT2D eigenvalue weighted by molar-refractivity contribution is 0.0347. The van der Waals surface area contributed by atoms with E-state index in [2.05, 4.69) is 28.6 Å². The summed E-state index contributed by atoms with van der Waals surface area (Å²) in [5.41, 5.74) is 2.04. The van der Waals surface area contributed by atoms with Gasteiger partial charge >= 0.3 is 0 Å². The van der Waals surface area contributed by atoms with Crippen molar-refractivity contribution in [2.45, 2.75) is 44.9 Å². The van der Waals surface area contributed by atoms with Crippen LogP contribution in [-0.2, 0) is 11.3 Å². The average molecular weight is 274 g/mol. The first-order valence-electron chi connectivity index (χ1n) is 7.51. The van der Waals surface area contributed by atoms with Crippen LogP contribution < -0.4 is 5.32 Å². The molecule has 1 N–H and O–H groups in total. The predicted octanol–water partition coefficient (Wildman–Crippen LogP) is 1.98. The first kappa shape index (κ1) is 13.5. The van der Waals surface area contributed by atoms with Crippen LogP contribution in [0.15, 0.2) is 24.3 Å². The number of ether oxygens (including phenoxy) is 1. The molecule has 0 bridgehead atoms. The Hall–Kier alpha value is -1.46. The summed E-state index contributed by atoms with van der Waals surface area (Å²) in [6.45, 7) is 5.01. The fourth-order valence-corrected chi connectivity index (χ4v) is 2.75. The third-order valence-corrected chi connectivity index (χ3v) is 3.79. The predicted molar refractivity (Wildman–Crippen MR) is 78.6 cm³/mol. The molecule has 1 saturated heterocycles. The summed E-state index contributed by atoms with van der Waals surface area (Å²) in [6.07, 6.45) is 4.01. The Morgan fingerprint density at radius 1 is 1.30 bits per heavy atom. The molecule has 0 saturated carbocycles. The molecule has 2 atom stereocenters. The first-order chi connectivity index (χ1) is 9.86. The average Bonchev–Trinajstić information content (AvgIpc) is 3.08. The van der Waals surface area contributed by atoms with Gasteiger partial charge in [-0.1, -0.05) is 24.3 Å². The van der Waals surface area contributed by atoms with Crippen molar-refractivity contribution < 1.29 is 4.74 Å². The largest absolute Gasteiger partial charge is 0.372 e. The molecule has 3 rings (SSSR count). The Morgan fingerprint density at radius 2 is 2.15 bits per heavy atom. The van der Waals surface area contributed by atoms with Crippen molar-refractivity contribution in [3.63, 3.8) is 0 Å². The Bertz CT molecular complexity index is 554. The number of aromatic nitrogens is 3. The van der Waals surface area contributed by atoms with Crippen LogP contribution in [0.25, 0.3) is 11.0 Å². The lowest BCUT2D eigenvalue weighted by Crippen LogP contribution is -2.28. The zero-order valence-corrected chi connectivity index (χ0v) is 12.0. The smallest absolute Gasteiger partial charge is 0.113 e. The van der Waals surface area contributed by atoms with E-state index >= 15 is 0 Å². The van der Waals surface area contributed by atoms with Gasteiger partial charge in [0.1, 0.15) is 5.52 Å². The summed E-state index contributed by atoms with van der Waals surface area (Å²) < 4.78 is 8.04. The second kappa shape index (κ2) is 6.33. The maximum absolute atomic E-state index is 6.08. The number of benzene rings is 1. The molecule has 2 unspecified atom stereocenters. The maximum Gasteiger partial charge on any atom is 0.113 e. The van der Waals surface area contributed by atoms with E-state index in [1.54, 1.807) is 0 Å². The van der Waals surface area contributed by atoms with Gasteiger partial charge in [0, 0.05) is 6.54 Å². The standard InChI is InChI=1S/C15H22N4O/c1-2-9-16-10-12-7-8-13(20-12)11-19-15-6-4-3-5-14(15)17-18-19/h3-6,12-13,16H,2,7-11H2,1H3. The van der Waals surface area contributed by atoms with Gasteiger partial charge in [0.25, 0.3) is 0 Å². The van der Waals surface area contributed by atoms with Crippen LogP contribution >= 0.6 is 0 Å². The van der Waals surface area contributed by atoms with Crippen LogP contribution in [0.2, 0.25) is 0 Å². The number of hydrogen-bond acceptors (Lipinski definition) is 4. The van der Waals surface area contributed by atoms with E-state index in [4.69, 9.17) is 4.74 Å². The molecule has 0 aliphatic carbocycles. The zero-order chi connectivity index (χ0) is 13.8. The van der Waals surface area contributed by atoms with E-state index in [0.717, 1.165) is 43.5 Å². The number of fused-ring (bicyclic) bond motifs is 1. The molecular weight excluding hydrogens is 252 g/mol. The molecule has 2 aromatic rings. The summed E-state index contributed by atoms with van der Waals surface area (Å²) in [4.78, 5) is 0. The molecule has 108 valence electrons. The van der Waals surface area contributed by atoms with Gasteiger partial charge in [-0.15, -0.1) is 5.10 Å². The fourth-order valence-electron chi connectivity index (χ4n) is 2.75. The topological polar surface area (TPSA) is 52.0 Å². The zero-order valence-electron chi connectivity index (χ0n) is 12.0. The lowest BCUT2D eigenvalue weighted by atomic mass is 10.2. The van der Waals surface area contributed by atoms with E-state index in [9.17, 15) is 0 Å². The van der Waals surface area contributed by atoms with Gasteiger partial charge in [-0.25, -0.2) is 4.68 Å². The SMILES string of the molecule is CCCNCC1CCC(Cn2nnc3ccccc32)O1. The van der Waals surface area contributed by atoms with Gasteiger partial charge in [0.15, 0.2) is 0 Å². The van der Waals surface area contributed by atoms with Crippen LogP contribution in [0.3, 0.4) is 0 Å². The monoisotopic (exact) mass is 274 g/mol. The van der Waals surface area contributed by atoms with Crippen molar-refractivity contribution in [1.29, 1.82) is 0 Å². The van der Waals surface area contributed by atoms with Crippen molar-refractivity contribution in [3.8, 4) is 0 Å². The molecule has 2 heterocycles. The molecule has 1 aromatic carbocycles. The molecule has 1 aliphatic heterocycles. The normalized spacial score (nSPS) is 22.6. The van der Waals surface area contributed by atoms with E-state index in [0.29, 0.717) is 6.10 Å². The van der Waals surface area contributed by atoms with Crippen LogP contribution in [0.5, 0.6) is 0 Å². The third kappa shape index (κ3) is 2.99. The minimum Gasteiger partial charge on any atom is -0.372 e. The second-order valence-electron chi connectivity index (χ2n) is 5.42. The van der Waals surface area contributed by atoms with E-state index < -0.39 is 0 Å². The van der Waals surface area contributed by atoms with Gasteiger partial charge in [0.2, 0.25) is 0 Å². The highest BCUT2D eigenvalue weighted by molar-refractivity contribution is 5.73. The Morgan fingerprint density at radius 3 is 3.05 bits per heavy atom. The maximum atomic E-state index is 6.08. The van der Waals surface area contributed by atoms with Crippen LogP contribution in [0, 0.1) is 0 Å². The quantitative estimate of drug-likeness (QED) is 0.818. The van der Waals surface area contributed by atoms with Crippen molar-refractivity contribution in [1.82, 2.24) is 20.3 Å². The van der Waals surface area contributed by atoms with Gasteiger partial charge < -0.3 is 10.1 Å². The summed E-state index contributed by atoms with van der Waals surface area (Å²) in [5, 5.41) is 11.8. The Labute approximate surface area is 119 Å². The van der Waals surface area contributed by atoms with Crippen molar-refractivity contribution in [2.24, 2.45) is 0 Å². The van der Waals surface area contributed by atoms with Crippen molar-refractivity contribution in [3.05, 3.63) is 24.3 Å². The van der Waals surface area contributed by atoms with E-state index in [1.165, 1.54) is 6.42 Å². The van der Waals surface area contributed by atoms with Crippen molar-refractivity contribution >= 4 is 11.0 Å². The molecule has 1 fully saturated rings. The summed E-state index contributed by atoms with van der Waals surface area (Å²) in [5.74, 6) is 0. The van der Waals surface area contributed by atoms with E-state index in [1.807, 2.05) is 22.9 Å². The molecule has 5 heteroatoms. The third-order valence-electron chi connectivity index (χ3n) is 3.79. The van der Waals surface area contributed by atoms with Crippen molar-refractivity contribution in [2.75, 3.05) is 13.1 Å².